The van der Waals surface area contributed by atoms with E-state index < -0.39 is 11.9 Å². The molecule has 0 aromatic heterocycles. The van der Waals surface area contributed by atoms with Crippen LogP contribution in [0.2, 0.25) is 0 Å². The summed E-state index contributed by atoms with van der Waals surface area (Å²) < 4.78 is 14.1. The second kappa shape index (κ2) is 4.85. The van der Waals surface area contributed by atoms with Crippen LogP contribution < -0.4 is 5.73 Å². The van der Waals surface area contributed by atoms with Crippen molar-refractivity contribution >= 4 is 15.9 Å². The van der Waals surface area contributed by atoms with Crippen LogP contribution in [0.5, 0.6) is 5.75 Å². The lowest BCUT2D eigenvalue weighted by Crippen LogP contribution is -2.13. The Kier molecular flexibility index (Phi) is 3.45. The normalized spacial score (nSPS) is 12.4. The van der Waals surface area contributed by atoms with Gasteiger partial charge in [0.1, 0.15) is 11.6 Å². The highest BCUT2D eigenvalue weighted by molar-refractivity contribution is 9.10. The summed E-state index contributed by atoms with van der Waals surface area (Å²) in [6.45, 7) is 0. The van der Waals surface area contributed by atoms with E-state index in [-0.39, 0.29) is 5.75 Å². The Hall–Kier alpha value is -1.39. The molecule has 0 spiro atoms. The molecule has 0 aliphatic carbocycles. The highest BCUT2D eigenvalue weighted by Gasteiger charge is 2.15. The zero-order valence-corrected chi connectivity index (χ0v) is 10.5. The van der Waals surface area contributed by atoms with E-state index in [1.54, 1.807) is 0 Å². The first kappa shape index (κ1) is 12.1. The Balaban J connectivity index is 2.44. The first-order valence-electron chi connectivity index (χ1n) is 5.08. The van der Waals surface area contributed by atoms with Crippen LogP contribution in [0.15, 0.2) is 46.9 Å². The molecule has 2 aromatic rings. The Morgan fingerprint density at radius 3 is 2.47 bits per heavy atom. The number of aromatic hydroxyl groups is 1. The number of nitrogens with two attached hydrogens (primary N) is 1. The number of rotatable bonds is 2. The molecule has 0 bridgehead atoms. The van der Waals surface area contributed by atoms with Crippen LogP contribution in [0.25, 0.3) is 0 Å². The highest BCUT2D eigenvalue weighted by Crippen LogP contribution is 2.31. The third-order valence-corrected chi connectivity index (χ3v) is 3.20. The van der Waals surface area contributed by atoms with E-state index in [0.717, 1.165) is 11.6 Å². The van der Waals surface area contributed by atoms with Crippen LogP contribution in [0.1, 0.15) is 17.2 Å². The van der Waals surface area contributed by atoms with E-state index in [1.807, 2.05) is 30.3 Å². The first-order valence-corrected chi connectivity index (χ1v) is 5.87. The topological polar surface area (TPSA) is 46.2 Å². The fourth-order valence-corrected chi connectivity index (χ4v) is 1.99. The van der Waals surface area contributed by atoms with Crippen molar-refractivity contribution in [3.05, 3.63) is 63.9 Å². The van der Waals surface area contributed by atoms with Gasteiger partial charge in [-0.1, -0.05) is 30.3 Å². The Morgan fingerprint density at radius 2 is 1.82 bits per heavy atom. The molecule has 3 N–H and O–H groups in total. The third-order valence-electron chi connectivity index (χ3n) is 2.56. The van der Waals surface area contributed by atoms with Crippen molar-refractivity contribution in [3.63, 3.8) is 0 Å². The minimum absolute atomic E-state index is 0.133. The average molecular weight is 296 g/mol. The summed E-state index contributed by atoms with van der Waals surface area (Å²) in [5.41, 5.74) is 7.16. The van der Waals surface area contributed by atoms with E-state index >= 15 is 0 Å². The van der Waals surface area contributed by atoms with Gasteiger partial charge in [-0.2, -0.15) is 0 Å². The van der Waals surface area contributed by atoms with Crippen LogP contribution in [0.3, 0.4) is 0 Å². The fourth-order valence-electron chi connectivity index (χ4n) is 1.63. The molecule has 0 aliphatic rings. The predicted molar refractivity (Wildman–Crippen MR) is 68.2 cm³/mol. The van der Waals surface area contributed by atoms with Gasteiger partial charge in [-0.15, -0.1) is 0 Å². The van der Waals surface area contributed by atoms with Gasteiger partial charge in [0.15, 0.2) is 0 Å². The second-order valence-corrected chi connectivity index (χ2v) is 4.57. The van der Waals surface area contributed by atoms with Crippen molar-refractivity contribution in [1.29, 1.82) is 0 Å². The lowest BCUT2D eigenvalue weighted by Gasteiger charge is -2.14. The largest absolute Gasteiger partial charge is 0.507 e. The van der Waals surface area contributed by atoms with Crippen molar-refractivity contribution in [2.75, 3.05) is 0 Å². The molecule has 4 heteroatoms. The SMILES string of the molecule is NC(c1ccccc1)c1cc(Br)c(O)cc1F. The third kappa shape index (κ3) is 2.48. The van der Waals surface area contributed by atoms with Gasteiger partial charge >= 0.3 is 0 Å². The highest BCUT2D eigenvalue weighted by atomic mass is 79.9. The minimum atomic E-state index is -0.548. The van der Waals surface area contributed by atoms with Gasteiger partial charge in [0.2, 0.25) is 0 Å². The van der Waals surface area contributed by atoms with E-state index in [0.29, 0.717) is 10.0 Å². The number of phenolic OH excluding ortho intramolecular Hbond substituents is 1. The standard InChI is InChI=1S/C13H11BrFNO/c14-10-6-9(11(15)7-12(10)17)13(16)8-4-2-1-3-5-8/h1-7,13,17H,16H2. The zero-order chi connectivity index (χ0) is 12.4. The molecule has 2 nitrogen and oxygen atoms in total. The summed E-state index contributed by atoms with van der Waals surface area (Å²) in [6.07, 6.45) is 0. The smallest absolute Gasteiger partial charge is 0.132 e. The van der Waals surface area contributed by atoms with Crippen LogP contribution in [0.4, 0.5) is 4.39 Å². The summed E-state index contributed by atoms with van der Waals surface area (Å²) in [5, 5.41) is 9.35. The Morgan fingerprint density at radius 1 is 1.18 bits per heavy atom. The molecular weight excluding hydrogens is 285 g/mol. The van der Waals surface area contributed by atoms with Crippen molar-refractivity contribution in [2.45, 2.75) is 6.04 Å². The first-order chi connectivity index (χ1) is 8.09. The van der Waals surface area contributed by atoms with Crippen molar-refractivity contribution in [3.8, 4) is 5.75 Å². The van der Waals surface area contributed by atoms with Gasteiger partial charge in [0.25, 0.3) is 0 Å². The maximum atomic E-state index is 13.7. The number of phenols is 1. The molecule has 1 unspecified atom stereocenters. The van der Waals surface area contributed by atoms with Crippen LogP contribution in [-0.2, 0) is 0 Å². The number of hydrogen-bond donors (Lipinski definition) is 2. The molecule has 88 valence electrons. The molecule has 0 heterocycles. The monoisotopic (exact) mass is 295 g/mol. The molecule has 1 atom stereocenters. The minimum Gasteiger partial charge on any atom is -0.507 e. The molecular formula is C13H11BrFNO. The molecule has 0 amide bonds. The van der Waals surface area contributed by atoms with Gasteiger partial charge in [0, 0.05) is 11.6 Å². The summed E-state index contributed by atoms with van der Waals surface area (Å²) in [4.78, 5) is 0. The van der Waals surface area contributed by atoms with Crippen molar-refractivity contribution < 1.29 is 9.50 Å². The van der Waals surface area contributed by atoms with Crippen molar-refractivity contribution in [1.82, 2.24) is 0 Å². The Labute approximate surface area is 107 Å². The molecule has 0 aliphatic heterocycles. The van der Waals surface area contributed by atoms with Crippen LogP contribution in [0, 0.1) is 5.82 Å². The van der Waals surface area contributed by atoms with Gasteiger partial charge in [-0.05, 0) is 27.6 Å². The average Bonchev–Trinajstić information content (AvgIpc) is 2.34. The molecule has 0 saturated heterocycles. The molecule has 0 saturated carbocycles. The summed E-state index contributed by atoms with van der Waals surface area (Å²) >= 11 is 3.15. The lowest BCUT2D eigenvalue weighted by molar-refractivity contribution is 0.463. The number of halogens is 2. The van der Waals surface area contributed by atoms with Crippen LogP contribution in [-0.4, -0.2) is 5.11 Å². The molecule has 0 radical (unpaired) electrons. The second-order valence-electron chi connectivity index (χ2n) is 3.71. The number of benzene rings is 2. The predicted octanol–water partition coefficient (Wildman–Crippen LogP) is 3.34. The van der Waals surface area contributed by atoms with Gasteiger partial charge in [0.05, 0.1) is 10.5 Å². The van der Waals surface area contributed by atoms with Gasteiger partial charge < -0.3 is 10.8 Å². The van der Waals surface area contributed by atoms with E-state index in [1.165, 1.54) is 6.07 Å². The number of hydrogen-bond acceptors (Lipinski definition) is 2. The molecule has 17 heavy (non-hydrogen) atoms. The lowest BCUT2D eigenvalue weighted by atomic mass is 9.99. The van der Waals surface area contributed by atoms with E-state index in [9.17, 15) is 9.50 Å². The molecule has 0 fully saturated rings. The fraction of sp³-hybridized carbons (Fsp3) is 0.0769. The molecule has 2 rings (SSSR count). The van der Waals surface area contributed by atoms with Crippen molar-refractivity contribution in [2.24, 2.45) is 5.73 Å². The zero-order valence-electron chi connectivity index (χ0n) is 8.90. The quantitative estimate of drug-likeness (QED) is 0.892. The summed E-state index contributed by atoms with van der Waals surface area (Å²) in [6, 6.07) is 11.3. The maximum Gasteiger partial charge on any atom is 0.132 e. The van der Waals surface area contributed by atoms with Gasteiger partial charge in [-0.25, -0.2) is 4.39 Å². The van der Waals surface area contributed by atoms with E-state index in [4.69, 9.17) is 5.73 Å². The maximum absolute atomic E-state index is 13.7. The van der Waals surface area contributed by atoms with Crippen LogP contribution >= 0.6 is 15.9 Å². The van der Waals surface area contributed by atoms with E-state index in [2.05, 4.69) is 15.9 Å². The Bertz CT molecular complexity index is 530. The summed E-state index contributed by atoms with van der Waals surface area (Å²) in [5.74, 6) is -0.645. The summed E-state index contributed by atoms with van der Waals surface area (Å²) in [7, 11) is 0. The van der Waals surface area contributed by atoms with Gasteiger partial charge in [-0.3, -0.25) is 0 Å². The molecule has 2 aromatic carbocycles.